The molecule has 3 aromatic carbocycles. The van der Waals surface area contributed by atoms with E-state index in [2.05, 4.69) is 5.32 Å². The predicted molar refractivity (Wildman–Crippen MR) is 152 cm³/mol. The van der Waals surface area contributed by atoms with Crippen molar-refractivity contribution in [2.24, 2.45) is 0 Å². The van der Waals surface area contributed by atoms with Crippen molar-refractivity contribution in [2.45, 2.75) is 51.6 Å². The Hall–Kier alpha value is -3.36. The molecule has 0 heterocycles. The Bertz CT molecular complexity index is 1390. The van der Waals surface area contributed by atoms with Gasteiger partial charge in [-0.1, -0.05) is 60.5 Å². The zero-order valence-electron chi connectivity index (χ0n) is 22.4. The lowest BCUT2D eigenvalue weighted by atomic mass is 10.1. The van der Waals surface area contributed by atoms with Crippen molar-refractivity contribution in [2.75, 3.05) is 17.9 Å². The molecular weight excluding hydrogens is 522 g/mol. The van der Waals surface area contributed by atoms with E-state index in [1.54, 1.807) is 48.5 Å². The van der Waals surface area contributed by atoms with Gasteiger partial charge in [-0.15, -0.1) is 0 Å². The van der Waals surface area contributed by atoms with Crippen LogP contribution in [0.5, 0.6) is 0 Å². The molecule has 2 amide bonds. The quantitative estimate of drug-likeness (QED) is 0.381. The van der Waals surface area contributed by atoms with Crippen molar-refractivity contribution in [1.29, 1.82) is 0 Å². The number of carbonyl (C=O) groups is 2. The van der Waals surface area contributed by atoms with Gasteiger partial charge in [0.05, 0.1) is 10.6 Å². The fourth-order valence-corrected chi connectivity index (χ4v) is 5.83. The Morgan fingerprint density at radius 3 is 2.16 bits per heavy atom. The largest absolute Gasteiger partial charge is 0.357 e. The van der Waals surface area contributed by atoms with Gasteiger partial charge in [-0.05, 0) is 74.2 Å². The number of benzene rings is 3. The van der Waals surface area contributed by atoms with Crippen molar-refractivity contribution in [1.82, 2.24) is 10.2 Å². The third-order valence-electron chi connectivity index (χ3n) is 6.63. The molecule has 0 saturated heterocycles. The van der Waals surface area contributed by atoms with Crippen molar-refractivity contribution in [3.05, 3.63) is 94.0 Å². The minimum atomic E-state index is -4.11. The first-order chi connectivity index (χ1) is 18.0. The summed E-state index contributed by atoms with van der Waals surface area (Å²) in [5.41, 5.74) is 3.75. The number of aryl methyl sites for hydroxylation is 2. The highest BCUT2D eigenvalue weighted by molar-refractivity contribution is 7.92. The lowest BCUT2D eigenvalue weighted by Crippen LogP contribution is -2.51. The third-order valence-corrected chi connectivity index (χ3v) is 8.66. The second kappa shape index (κ2) is 12.5. The zero-order chi connectivity index (χ0) is 28.0. The average Bonchev–Trinajstić information content (AvgIpc) is 2.90. The molecule has 1 atom stereocenters. The summed E-state index contributed by atoms with van der Waals surface area (Å²) in [6.07, 6.45) is 0.354. The maximum atomic E-state index is 14.0. The zero-order valence-corrected chi connectivity index (χ0v) is 23.9. The second-order valence-electron chi connectivity index (χ2n) is 9.23. The lowest BCUT2D eigenvalue weighted by molar-refractivity contribution is -0.140. The molecule has 38 heavy (non-hydrogen) atoms. The normalized spacial score (nSPS) is 12.1. The SMILES string of the molecule is CC[C@H](C(=O)NC)N(Cc1ccc(Cl)cc1)C(=O)CN(c1cccc(C)c1C)S(=O)(=O)c1ccc(C)cc1. The number of halogens is 1. The van der Waals surface area contributed by atoms with Gasteiger partial charge in [0.2, 0.25) is 11.8 Å². The van der Waals surface area contributed by atoms with Crippen LogP contribution in [0, 0.1) is 20.8 Å². The fourth-order valence-electron chi connectivity index (χ4n) is 4.23. The van der Waals surface area contributed by atoms with Crippen LogP contribution in [0.4, 0.5) is 5.69 Å². The molecule has 7 nitrogen and oxygen atoms in total. The van der Waals surface area contributed by atoms with Gasteiger partial charge in [0.25, 0.3) is 10.0 Å². The summed E-state index contributed by atoms with van der Waals surface area (Å²) in [4.78, 5) is 28.3. The summed E-state index contributed by atoms with van der Waals surface area (Å²) < 4.78 is 29.1. The molecule has 202 valence electrons. The van der Waals surface area contributed by atoms with Crippen LogP contribution >= 0.6 is 11.6 Å². The van der Waals surface area contributed by atoms with E-state index in [0.717, 1.165) is 26.6 Å². The van der Waals surface area contributed by atoms with E-state index in [9.17, 15) is 18.0 Å². The number of carbonyl (C=O) groups excluding carboxylic acids is 2. The Morgan fingerprint density at radius 1 is 0.947 bits per heavy atom. The monoisotopic (exact) mass is 555 g/mol. The molecule has 0 aliphatic heterocycles. The molecule has 0 radical (unpaired) electrons. The number of sulfonamides is 1. The number of rotatable bonds is 10. The van der Waals surface area contributed by atoms with Gasteiger partial charge in [0, 0.05) is 18.6 Å². The minimum absolute atomic E-state index is 0.0828. The van der Waals surface area contributed by atoms with E-state index in [1.807, 2.05) is 33.8 Å². The van der Waals surface area contributed by atoms with Crippen LogP contribution in [0.2, 0.25) is 5.02 Å². The number of nitrogens with zero attached hydrogens (tertiary/aromatic N) is 2. The summed E-state index contributed by atoms with van der Waals surface area (Å²) in [6, 6.07) is 18.1. The van der Waals surface area contributed by atoms with E-state index in [4.69, 9.17) is 11.6 Å². The number of anilines is 1. The van der Waals surface area contributed by atoms with Gasteiger partial charge < -0.3 is 10.2 Å². The molecule has 0 aliphatic carbocycles. The number of nitrogens with one attached hydrogen (secondary N) is 1. The van der Waals surface area contributed by atoms with Gasteiger partial charge in [-0.3, -0.25) is 13.9 Å². The number of hydrogen-bond acceptors (Lipinski definition) is 4. The lowest BCUT2D eigenvalue weighted by Gasteiger charge is -2.33. The minimum Gasteiger partial charge on any atom is -0.357 e. The molecule has 0 spiro atoms. The fraction of sp³-hybridized carbons (Fsp3) is 0.310. The number of hydrogen-bond donors (Lipinski definition) is 1. The van der Waals surface area contributed by atoms with Crippen molar-refractivity contribution in [3.8, 4) is 0 Å². The van der Waals surface area contributed by atoms with E-state index < -0.39 is 28.5 Å². The first-order valence-electron chi connectivity index (χ1n) is 12.4. The number of amides is 2. The molecule has 0 unspecified atom stereocenters. The van der Waals surface area contributed by atoms with Crippen LogP contribution in [0.3, 0.4) is 0 Å². The summed E-state index contributed by atoms with van der Waals surface area (Å²) >= 11 is 6.04. The molecule has 0 bridgehead atoms. The summed E-state index contributed by atoms with van der Waals surface area (Å²) in [5.74, 6) is -0.818. The molecule has 0 aliphatic rings. The van der Waals surface area contributed by atoms with Gasteiger partial charge in [0.15, 0.2) is 0 Å². The first kappa shape index (κ1) is 29.2. The third kappa shape index (κ3) is 6.55. The molecule has 1 N–H and O–H groups in total. The Kier molecular flexibility index (Phi) is 9.57. The molecular formula is C29H34ClN3O4S. The maximum absolute atomic E-state index is 14.0. The van der Waals surface area contributed by atoms with Gasteiger partial charge in [0.1, 0.15) is 12.6 Å². The van der Waals surface area contributed by atoms with Gasteiger partial charge >= 0.3 is 0 Å². The maximum Gasteiger partial charge on any atom is 0.264 e. The molecule has 0 fully saturated rings. The van der Waals surface area contributed by atoms with Crippen LogP contribution < -0.4 is 9.62 Å². The van der Waals surface area contributed by atoms with E-state index >= 15 is 0 Å². The van der Waals surface area contributed by atoms with Gasteiger partial charge in [-0.25, -0.2) is 8.42 Å². The van der Waals surface area contributed by atoms with Crippen LogP contribution in [0.1, 0.15) is 35.6 Å². The highest BCUT2D eigenvalue weighted by Crippen LogP contribution is 2.29. The van der Waals surface area contributed by atoms with Crippen LogP contribution in [0.15, 0.2) is 71.6 Å². The van der Waals surface area contributed by atoms with E-state index in [1.165, 1.54) is 24.1 Å². The Labute approximate surface area is 230 Å². The average molecular weight is 556 g/mol. The first-order valence-corrected chi connectivity index (χ1v) is 14.2. The highest BCUT2D eigenvalue weighted by atomic mass is 35.5. The summed E-state index contributed by atoms with van der Waals surface area (Å²) in [6.45, 7) is 7.06. The van der Waals surface area contributed by atoms with E-state index in [-0.39, 0.29) is 17.3 Å². The predicted octanol–water partition coefficient (Wildman–Crippen LogP) is 5.01. The molecule has 9 heteroatoms. The molecule has 0 saturated carbocycles. The molecule has 3 rings (SSSR count). The Balaban J connectivity index is 2.10. The van der Waals surface area contributed by atoms with Crippen LogP contribution in [0.25, 0.3) is 0 Å². The van der Waals surface area contributed by atoms with Crippen molar-refractivity contribution < 1.29 is 18.0 Å². The standard InChI is InChI=1S/C29H34ClN3O4S/c1-6-26(29(35)31-5)32(18-23-12-14-24(30)15-13-23)28(34)19-33(27-9-7-8-21(3)22(27)4)38(36,37)25-16-10-20(2)11-17-25/h7-17,26H,6,18-19H2,1-5H3,(H,31,35)/t26-/m1/s1. The van der Waals surface area contributed by atoms with Crippen molar-refractivity contribution in [3.63, 3.8) is 0 Å². The highest BCUT2D eigenvalue weighted by Gasteiger charge is 2.34. The topological polar surface area (TPSA) is 86.8 Å². The smallest absolute Gasteiger partial charge is 0.264 e. The number of likely N-dealkylation sites (N-methyl/N-ethyl adjacent to an activating group) is 1. The van der Waals surface area contributed by atoms with Crippen LogP contribution in [-0.2, 0) is 26.2 Å². The van der Waals surface area contributed by atoms with Crippen molar-refractivity contribution >= 4 is 39.1 Å². The second-order valence-corrected chi connectivity index (χ2v) is 11.5. The summed E-state index contributed by atoms with van der Waals surface area (Å²) in [5, 5.41) is 3.17. The Morgan fingerprint density at radius 2 is 1.58 bits per heavy atom. The molecule has 0 aromatic heterocycles. The summed E-state index contributed by atoms with van der Waals surface area (Å²) in [7, 11) is -2.59. The molecule has 3 aromatic rings. The van der Waals surface area contributed by atoms with E-state index in [0.29, 0.717) is 17.1 Å². The van der Waals surface area contributed by atoms with Crippen LogP contribution in [-0.4, -0.2) is 44.8 Å². The van der Waals surface area contributed by atoms with Gasteiger partial charge in [-0.2, -0.15) is 0 Å².